The fraction of sp³-hybridized carbons (Fsp3) is 0.176. The van der Waals surface area contributed by atoms with Gasteiger partial charge in [0.2, 0.25) is 0 Å². The quantitative estimate of drug-likeness (QED) is 0.906. The van der Waals surface area contributed by atoms with Crippen molar-refractivity contribution in [3.8, 4) is 0 Å². The maximum atomic E-state index is 13.8. The number of anilines is 1. The molecule has 24 heavy (non-hydrogen) atoms. The molecule has 0 aliphatic carbocycles. The van der Waals surface area contributed by atoms with E-state index < -0.39 is 23.5 Å². The van der Waals surface area contributed by atoms with Gasteiger partial charge in [0.05, 0.1) is 11.3 Å². The second-order valence-corrected chi connectivity index (χ2v) is 5.00. The van der Waals surface area contributed by atoms with Crippen molar-refractivity contribution in [1.29, 1.82) is 0 Å². The lowest BCUT2D eigenvalue weighted by molar-refractivity contribution is -0.166. The van der Waals surface area contributed by atoms with Gasteiger partial charge in [-0.05, 0) is 11.6 Å². The van der Waals surface area contributed by atoms with Crippen LogP contribution in [0.2, 0.25) is 0 Å². The number of benzene rings is 2. The summed E-state index contributed by atoms with van der Waals surface area (Å²) in [6.45, 7) is -0.0263. The first-order chi connectivity index (χ1) is 11.3. The third-order valence-corrected chi connectivity index (χ3v) is 3.35. The number of carboxylic acid groups (broad SMARTS) is 1. The number of carbonyl (C=O) groups is 2. The number of carbonyl (C=O) groups excluding carboxylic acids is 1. The predicted octanol–water partition coefficient (Wildman–Crippen LogP) is 3.64. The first kappa shape index (κ1) is 17.4. The third-order valence-electron chi connectivity index (χ3n) is 3.35. The lowest BCUT2D eigenvalue weighted by Crippen LogP contribution is -2.32. The van der Waals surface area contributed by atoms with Gasteiger partial charge in [-0.1, -0.05) is 48.5 Å². The standard InChI is InChI=1S/C17H15F2NO4/c1-20(16(23)24-11-12-7-3-2-4-8-12)14-10-6-5-9-13(14)17(18,19)15(21)22/h2-10H,11H2,1H3,(H,21,22). The van der Waals surface area contributed by atoms with Crippen LogP contribution in [0.5, 0.6) is 0 Å². The van der Waals surface area contributed by atoms with Gasteiger partial charge in [0.15, 0.2) is 0 Å². The summed E-state index contributed by atoms with van der Waals surface area (Å²) in [7, 11) is 1.24. The molecule has 0 radical (unpaired) electrons. The van der Waals surface area contributed by atoms with E-state index in [1.807, 2.05) is 6.07 Å². The Kier molecular flexibility index (Phi) is 5.13. The van der Waals surface area contributed by atoms with E-state index in [9.17, 15) is 18.4 Å². The number of hydrogen-bond acceptors (Lipinski definition) is 3. The molecule has 2 aromatic carbocycles. The van der Waals surface area contributed by atoms with Crippen molar-refractivity contribution in [3.63, 3.8) is 0 Å². The molecule has 0 fully saturated rings. The molecule has 0 bridgehead atoms. The topological polar surface area (TPSA) is 66.8 Å². The van der Waals surface area contributed by atoms with Gasteiger partial charge in [-0.15, -0.1) is 0 Å². The third kappa shape index (κ3) is 3.68. The van der Waals surface area contributed by atoms with Crippen molar-refractivity contribution in [3.05, 3.63) is 65.7 Å². The number of carboxylic acids is 1. The number of nitrogens with zero attached hydrogens (tertiary/aromatic N) is 1. The Bertz CT molecular complexity index is 734. The van der Waals surface area contributed by atoms with E-state index in [2.05, 4.69) is 0 Å². The molecule has 0 heterocycles. The summed E-state index contributed by atoms with van der Waals surface area (Å²) in [6.07, 6.45) is -0.868. The van der Waals surface area contributed by atoms with Gasteiger partial charge in [0.1, 0.15) is 6.61 Å². The molecule has 126 valence electrons. The Morgan fingerprint density at radius 2 is 1.67 bits per heavy atom. The molecule has 0 unspecified atom stereocenters. The predicted molar refractivity (Wildman–Crippen MR) is 83.0 cm³/mol. The van der Waals surface area contributed by atoms with Crippen molar-refractivity contribution in [2.45, 2.75) is 12.5 Å². The molecule has 1 amide bonds. The van der Waals surface area contributed by atoms with Gasteiger partial charge in [-0.2, -0.15) is 8.78 Å². The molecule has 2 rings (SSSR count). The van der Waals surface area contributed by atoms with Crippen LogP contribution in [-0.2, 0) is 22.1 Å². The summed E-state index contributed by atoms with van der Waals surface area (Å²) in [5.74, 6) is -6.41. The summed E-state index contributed by atoms with van der Waals surface area (Å²) in [6, 6.07) is 13.8. The second-order valence-electron chi connectivity index (χ2n) is 5.00. The van der Waals surface area contributed by atoms with E-state index in [4.69, 9.17) is 9.84 Å². The van der Waals surface area contributed by atoms with E-state index in [0.29, 0.717) is 0 Å². The van der Waals surface area contributed by atoms with Crippen LogP contribution >= 0.6 is 0 Å². The first-order valence-corrected chi connectivity index (χ1v) is 6.99. The Hall–Kier alpha value is -2.96. The molecule has 0 saturated carbocycles. The molecule has 0 aliphatic heterocycles. The number of hydrogen-bond donors (Lipinski definition) is 1. The molecule has 2 aromatic rings. The number of aliphatic carboxylic acids is 1. The van der Waals surface area contributed by atoms with E-state index in [1.54, 1.807) is 24.3 Å². The van der Waals surface area contributed by atoms with Crippen LogP contribution in [0.1, 0.15) is 11.1 Å². The molecular weight excluding hydrogens is 320 g/mol. The van der Waals surface area contributed by atoms with Crippen LogP contribution in [0, 0.1) is 0 Å². The highest BCUT2D eigenvalue weighted by molar-refractivity contribution is 5.90. The van der Waals surface area contributed by atoms with Gasteiger partial charge in [0, 0.05) is 7.05 Å². The maximum Gasteiger partial charge on any atom is 0.414 e. The van der Waals surface area contributed by atoms with Gasteiger partial charge < -0.3 is 9.84 Å². The molecule has 0 spiro atoms. The van der Waals surface area contributed by atoms with E-state index in [-0.39, 0.29) is 12.3 Å². The zero-order valence-electron chi connectivity index (χ0n) is 12.8. The highest BCUT2D eigenvalue weighted by atomic mass is 19.3. The smallest absolute Gasteiger partial charge is 0.414 e. The minimum absolute atomic E-state index is 0.0263. The van der Waals surface area contributed by atoms with Crippen molar-refractivity contribution < 1.29 is 28.2 Å². The zero-order valence-corrected chi connectivity index (χ0v) is 12.8. The Labute approximate surface area is 137 Å². The number of ether oxygens (including phenoxy) is 1. The van der Waals surface area contributed by atoms with Crippen molar-refractivity contribution in [1.82, 2.24) is 0 Å². The molecule has 1 N–H and O–H groups in total. The second kappa shape index (κ2) is 7.08. The van der Waals surface area contributed by atoms with E-state index >= 15 is 0 Å². The Morgan fingerprint density at radius 3 is 2.29 bits per heavy atom. The fourth-order valence-corrected chi connectivity index (χ4v) is 2.06. The summed E-state index contributed by atoms with van der Waals surface area (Å²) in [5.41, 5.74) is -0.275. The minimum atomic E-state index is -4.12. The van der Waals surface area contributed by atoms with Crippen molar-refractivity contribution in [2.24, 2.45) is 0 Å². The summed E-state index contributed by atoms with van der Waals surface area (Å²) in [5, 5.41) is 8.71. The maximum absolute atomic E-state index is 13.8. The highest BCUT2D eigenvalue weighted by Gasteiger charge is 2.43. The van der Waals surface area contributed by atoms with E-state index in [0.717, 1.165) is 16.5 Å². The zero-order chi connectivity index (χ0) is 17.7. The molecule has 0 aliphatic rings. The first-order valence-electron chi connectivity index (χ1n) is 6.99. The van der Waals surface area contributed by atoms with Crippen LogP contribution in [0.25, 0.3) is 0 Å². The van der Waals surface area contributed by atoms with Gasteiger partial charge in [0.25, 0.3) is 0 Å². The normalized spacial score (nSPS) is 11.0. The van der Waals surface area contributed by atoms with Crippen LogP contribution in [0.4, 0.5) is 19.3 Å². The Morgan fingerprint density at radius 1 is 1.08 bits per heavy atom. The summed E-state index contributed by atoms with van der Waals surface area (Å²) in [4.78, 5) is 23.7. The van der Waals surface area contributed by atoms with Gasteiger partial charge in [-0.3, -0.25) is 4.90 Å². The van der Waals surface area contributed by atoms with Crippen molar-refractivity contribution >= 4 is 17.7 Å². The van der Waals surface area contributed by atoms with Gasteiger partial charge in [-0.25, -0.2) is 9.59 Å². The van der Waals surface area contributed by atoms with Gasteiger partial charge >= 0.3 is 18.0 Å². The number of amides is 1. The van der Waals surface area contributed by atoms with E-state index in [1.165, 1.54) is 25.2 Å². The number of alkyl halides is 2. The van der Waals surface area contributed by atoms with Crippen molar-refractivity contribution in [2.75, 3.05) is 11.9 Å². The molecule has 0 saturated heterocycles. The average Bonchev–Trinajstić information content (AvgIpc) is 2.59. The SMILES string of the molecule is CN(C(=O)OCc1ccccc1)c1ccccc1C(F)(F)C(=O)O. The fourth-order valence-electron chi connectivity index (χ4n) is 2.06. The number of para-hydroxylation sites is 1. The number of halogens is 2. The molecule has 0 atom stereocenters. The summed E-state index contributed by atoms with van der Waals surface area (Å²) < 4.78 is 32.7. The van der Waals surface area contributed by atoms with Crippen LogP contribution in [0.15, 0.2) is 54.6 Å². The molecule has 5 nitrogen and oxygen atoms in total. The molecule has 0 aromatic heterocycles. The lowest BCUT2D eigenvalue weighted by atomic mass is 10.1. The Balaban J connectivity index is 2.19. The monoisotopic (exact) mass is 335 g/mol. The molecule has 7 heteroatoms. The lowest BCUT2D eigenvalue weighted by Gasteiger charge is -2.22. The molecular formula is C17H15F2NO4. The largest absolute Gasteiger partial charge is 0.477 e. The number of rotatable bonds is 5. The van der Waals surface area contributed by atoms with Crippen LogP contribution < -0.4 is 4.90 Å². The van der Waals surface area contributed by atoms with Crippen LogP contribution in [-0.4, -0.2) is 24.2 Å². The van der Waals surface area contributed by atoms with Crippen LogP contribution in [0.3, 0.4) is 0 Å². The average molecular weight is 335 g/mol. The summed E-state index contributed by atoms with van der Waals surface area (Å²) >= 11 is 0. The highest BCUT2D eigenvalue weighted by Crippen LogP contribution is 2.35. The minimum Gasteiger partial charge on any atom is -0.477 e.